The molecule has 3 aromatic carbocycles. The first kappa shape index (κ1) is 18.5. The molecule has 0 atom stereocenters. The zero-order valence-corrected chi connectivity index (χ0v) is 16.0. The number of aryl methyl sites for hydroxylation is 1. The first-order valence-corrected chi connectivity index (χ1v) is 9.40. The van der Waals surface area contributed by atoms with E-state index in [2.05, 4.69) is 15.8 Å². The van der Waals surface area contributed by atoms with E-state index in [1.807, 2.05) is 97.9 Å². The second kappa shape index (κ2) is 8.44. The van der Waals surface area contributed by atoms with E-state index in [0.29, 0.717) is 5.82 Å². The van der Waals surface area contributed by atoms with Gasteiger partial charge in [-0.15, -0.1) is 0 Å². The number of hydrogen-bond donors (Lipinski definition) is 2. The second-order valence-electron chi connectivity index (χ2n) is 6.77. The molecule has 2 N–H and O–H groups in total. The van der Waals surface area contributed by atoms with Crippen molar-refractivity contribution in [1.82, 2.24) is 5.16 Å². The van der Waals surface area contributed by atoms with Crippen LogP contribution in [0.5, 0.6) is 0 Å². The largest absolute Gasteiger partial charge is 0.360 e. The third kappa shape index (κ3) is 4.52. The van der Waals surface area contributed by atoms with E-state index in [4.69, 9.17) is 4.52 Å². The molecular formula is C24H21N3O2. The van der Waals surface area contributed by atoms with E-state index in [0.717, 1.165) is 28.3 Å². The Labute approximate surface area is 169 Å². The van der Waals surface area contributed by atoms with Crippen LogP contribution in [0.1, 0.15) is 22.8 Å². The van der Waals surface area contributed by atoms with Gasteiger partial charge < -0.3 is 15.2 Å². The van der Waals surface area contributed by atoms with E-state index in [1.165, 1.54) is 0 Å². The molecule has 0 saturated carbocycles. The number of anilines is 3. The Morgan fingerprint density at radius 1 is 0.828 bits per heavy atom. The molecule has 0 aliphatic rings. The van der Waals surface area contributed by atoms with Gasteiger partial charge >= 0.3 is 0 Å². The molecule has 0 spiro atoms. The number of amides is 1. The molecule has 0 saturated heterocycles. The number of rotatable bonds is 6. The molecule has 0 aliphatic heterocycles. The number of carbonyl (C=O) groups is 1. The Bertz CT molecular complexity index is 1030. The third-order valence-corrected chi connectivity index (χ3v) is 4.58. The molecule has 1 aromatic heterocycles. The molecule has 1 amide bonds. The summed E-state index contributed by atoms with van der Waals surface area (Å²) in [7, 11) is 0. The lowest BCUT2D eigenvalue weighted by molar-refractivity contribution is -0.116. The molecular weight excluding hydrogens is 362 g/mol. The van der Waals surface area contributed by atoms with Crippen LogP contribution in [-0.4, -0.2) is 11.1 Å². The number of benzene rings is 3. The van der Waals surface area contributed by atoms with Crippen LogP contribution < -0.4 is 10.6 Å². The van der Waals surface area contributed by atoms with Crippen molar-refractivity contribution < 1.29 is 9.32 Å². The smallest absolute Gasteiger partial charge is 0.236 e. The number of carbonyl (C=O) groups excluding carboxylic acids is 1. The van der Waals surface area contributed by atoms with E-state index >= 15 is 0 Å². The maximum atomic E-state index is 13.1. The summed E-state index contributed by atoms with van der Waals surface area (Å²) in [6, 6.07) is 28.9. The van der Waals surface area contributed by atoms with Crippen LogP contribution >= 0.6 is 0 Å². The van der Waals surface area contributed by atoms with Crippen LogP contribution in [0, 0.1) is 6.92 Å². The van der Waals surface area contributed by atoms with Gasteiger partial charge in [-0.2, -0.15) is 0 Å². The molecule has 29 heavy (non-hydrogen) atoms. The summed E-state index contributed by atoms with van der Waals surface area (Å²) >= 11 is 0. The molecule has 0 bridgehead atoms. The van der Waals surface area contributed by atoms with Crippen LogP contribution in [0.4, 0.5) is 17.2 Å². The Balaban J connectivity index is 1.51. The lowest BCUT2D eigenvalue weighted by Gasteiger charge is -2.18. The Kier molecular flexibility index (Phi) is 5.38. The molecule has 4 aromatic rings. The molecule has 5 nitrogen and oxygen atoms in total. The first-order chi connectivity index (χ1) is 14.2. The molecule has 0 radical (unpaired) electrons. The van der Waals surface area contributed by atoms with Crippen LogP contribution in [0.2, 0.25) is 0 Å². The van der Waals surface area contributed by atoms with Crippen molar-refractivity contribution in [2.75, 3.05) is 10.6 Å². The van der Waals surface area contributed by atoms with Gasteiger partial charge in [0.15, 0.2) is 5.82 Å². The van der Waals surface area contributed by atoms with E-state index in [-0.39, 0.29) is 11.8 Å². The SMILES string of the molecule is Cc1cc(Nc2ccc(NC(=O)C(c3ccccc3)c3ccccc3)cc2)no1. The molecule has 144 valence electrons. The van der Waals surface area contributed by atoms with Gasteiger partial charge in [0.2, 0.25) is 5.91 Å². The number of nitrogens with one attached hydrogen (secondary N) is 2. The molecule has 1 heterocycles. The van der Waals surface area contributed by atoms with Crippen LogP contribution in [0.25, 0.3) is 0 Å². The van der Waals surface area contributed by atoms with Crippen LogP contribution in [0.3, 0.4) is 0 Å². The highest BCUT2D eigenvalue weighted by atomic mass is 16.5. The minimum Gasteiger partial charge on any atom is -0.360 e. The Morgan fingerprint density at radius 2 is 1.38 bits per heavy atom. The summed E-state index contributed by atoms with van der Waals surface area (Å²) in [4.78, 5) is 13.1. The fourth-order valence-corrected chi connectivity index (χ4v) is 3.21. The average molecular weight is 383 g/mol. The number of aromatic nitrogens is 1. The molecule has 4 rings (SSSR count). The van der Waals surface area contributed by atoms with Gasteiger partial charge in [0, 0.05) is 17.4 Å². The van der Waals surface area contributed by atoms with Gasteiger partial charge in [0.25, 0.3) is 0 Å². The van der Waals surface area contributed by atoms with Crippen molar-refractivity contribution in [3.63, 3.8) is 0 Å². The predicted octanol–water partition coefficient (Wildman–Crippen LogP) is 5.50. The Morgan fingerprint density at radius 3 is 1.90 bits per heavy atom. The van der Waals surface area contributed by atoms with E-state index in [1.54, 1.807) is 0 Å². The van der Waals surface area contributed by atoms with Crippen molar-refractivity contribution in [2.45, 2.75) is 12.8 Å². The van der Waals surface area contributed by atoms with Gasteiger partial charge in [0.1, 0.15) is 5.76 Å². The zero-order chi connectivity index (χ0) is 20.1. The van der Waals surface area contributed by atoms with Crippen molar-refractivity contribution in [3.05, 3.63) is 108 Å². The van der Waals surface area contributed by atoms with Gasteiger partial charge in [-0.25, -0.2) is 0 Å². The summed E-state index contributed by atoms with van der Waals surface area (Å²) in [5, 5.41) is 10.1. The highest BCUT2D eigenvalue weighted by Crippen LogP contribution is 2.27. The van der Waals surface area contributed by atoms with E-state index < -0.39 is 0 Å². The topological polar surface area (TPSA) is 67.2 Å². The lowest BCUT2D eigenvalue weighted by Crippen LogP contribution is -2.22. The fourth-order valence-electron chi connectivity index (χ4n) is 3.21. The summed E-state index contributed by atoms with van der Waals surface area (Å²) in [6.07, 6.45) is 0. The first-order valence-electron chi connectivity index (χ1n) is 9.40. The van der Waals surface area contributed by atoms with Crippen molar-refractivity contribution >= 4 is 23.1 Å². The highest BCUT2D eigenvalue weighted by molar-refractivity contribution is 5.98. The van der Waals surface area contributed by atoms with Gasteiger partial charge in [-0.05, 0) is 42.3 Å². The summed E-state index contributed by atoms with van der Waals surface area (Å²) in [6.45, 7) is 1.84. The number of hydrogen-bond acceptors (Lipinski definition) is 4. The predicted molar refractivity (Wildman–Crippen MR) is 114 cm³/mol. The van der Waals surface area contributed by atoms with Crippen LogP contribution in [0.15, 0.2) is 95.5 Å². The van der Waals surface area contributed by atoms with Gasteiger partial charge in [-0.3, -0.25) is 4.79 Å². The minimum atomic E-state index is -0.381. The maximum absolute atomic E-state index is 13.1. The van der Waals surface area contributed by atoms with Crippen molar-refractivity contribution in [2.24, 2.45) is 0 Å². The van der Waals surface area contributed by atoms with Gasteiger partial charge in [-0.1, -0.05) is 65.8 Å². The monoisotopic (exact) mass is 383 g/mol. The average Bonchev–Trinajstić information content (AvgIpc) is 3.16. The quantitative estimate of drug-likeness (QED) is 0.461. The summed E-state index contributed by atoms with van der Waals surface area (Å²) in [5.41, 5.74) is 3.50. The third-order valence-electron chi connectivity index (χ3n) is 4.58. The molecule has 5 heteroatoms. The maximum Gasteiger partial charge on any atom is 0.236 e. The zero-order valence-electron chi connectivity index (χ0n) is 16.0. The molecule has 0 aliphatic carbocycles. The second-order valence-corrected chi connectivity index (χ2v) is 6.77. The lowest BCUT2D eigenvalue weighted by atomic mass is 9.90. The van der Waals surface area contributed by atoms with Gasteiger partial charge in [0.05, 0.1) is 5.92 Å². The van der Waals surface area contributed by atoms with Crippen molar-refractivity contribution in [1.29, 1.82) is 0 Å². The molecule has 0 fully saturated rings. The Hall–Kier alpha value is -3.86. The minimum absolute atomic E-state index is 0.0739. The molecule has 0 unspecified atom stereocenters. The van der Waals surface area contributed by atoms with Crippen LogP contribution in [-0.2, 0) is 4.79 Å². The summed E-state index contributed by atoms with van der Waals surface area (Å²) < 4.78 is 5.05. The van der Waals surface area contributed by atoms with E-state index in [9.17, 15) is 4.79 Å². The fraction of sp³-hybridized carbons (Fsp3) is 0.0833. The number of nitrogens with zero attached hydrogens (tertiary/aromatic N) is 1. The summed E-state index contributed by atoms with van der Waals surface area (Å²) in [5.74, 6) is 0.931. The standard InChI is InChI=1S/C24H21N3O2/c1-17-16-22(27-29-17)25-20-12-14-21(15-13-20)26-24(28)23(18-8-4-2-5-9-18)19-10-6-3-7-11-19/h2-16,23H,1H3,(H,25,27)(H,26,28). The highest BCUT2D eigenvalue weighted by Gasteiger charge is 2.22. The van der Waals surface area contributed by atoms with Crippen molar-refractivity contribution in [3.8, 4) is 0 Å². The normalized spacial score (nSPS) is 10.7.